The van der Waals surface area contributed by atoms with Crippen molar-refractivity contribution in [3.05, 3.63) is 69.5 Å². The Morgan fingerprint density at radius 2 is 1.80 bits per heavy atom. The number of rotatable bonds is 5. The number of aromatic nitrogens is 1. The first-order chi connectivity index (χ1) is 14.5. The third kappa shape index (κ3) is 4.71. The maximum atomic E-state index is 12.9. The molecule has 0 aliphatic carbocycles. The molecule has 0 spiro atoms. The Morgan fingerprint density at radius 1 is 1.07 bits per heavy atom. The first-order valence-electron chi connectivity index (χ1n) is 10.2. The fraction of sp³-hybridized carbons (Fsp3) is 0.333. The quantitative estimate of drug-likeness (QED) is 0.613. The van der Waals surface area contributed by atoms with E-state index in [-0.39, 0.29) is 5.91 Å². The van der Waals surface area contributed by atoms with Gasteiger partial charge in [0, 0.05) is 42.7 Å². The van der Waals surface area contributed by atoms with E-state index in [9.17, 15) is 4.79 Å². The SMILES string of the molecule is COc1cccc(-c2csc(CN3CCN(C(=O)c4cc(C)cc(C)c4)CC3)n2)c1. The summed E-state index contributed by atoms with van der Waals surface area (Å²) in [7, 11) is 1.68. The standard InChI is InChI=1S/C24H27N3O2S/c1-17-11-18(2)13-20(12-17)24(28)27-9-7-26(8-10-27)15-23-25-22(16-30-23)19-5-4-6-21(14-19)29-3/h4-6,11-14,16H,7-10,15H2,1-3H3. The van der Waals surface area contributed by atoms with Crippen LogP contribution in [0.1, 0.15) is 26.5 Å². The highest BCUT2D eigenvalue weighted by Crippen LogP contribution is 2.26. The molecule has 30 heavy (non-hydrogen) atoms. The summed E-state index contributed by atoms with van der Waals surface area (Å²) in [5.41, 5.74) is 5.11. The van der Waals surface area contributed by atoms with E-state index >= 15 is 0 Å². The minimum atomic E-state index is 0.135. The van der Waals surface area contributed by atoms with Gasteiger partial charge in [-0.05, 0) is 38.1 Å². The molecule has 1 aliphatic rings. The summed E-state index contributed by atoms with van der Waals surface area (Å²) in [6.07, 6.45) is 0. The third-order valence-corrected chi connectivity index (χ3v) is 6.24. The van der Waals surface area contributed by atoms with E-state index in [0.29, 0.717) is 0 Å². The first kappa shape index (κ1) is 20.6. The van der Waals surface area contributed by atoms with Crippen molar-refractivity contribution in [2.24, 2.45) is 0 Å². The van der Waals surface area contributed by atoms with Crippen molar-refractivity contribution >= 4 is 17.2 Å². The fourth-order valence-corrected chi connectivity index (χ4v) is 4.72. The number of hydrogen-bond donors (Lipinski definition) is 0. The lowest BCUT2D eigenvalue weighted by Crippen LogP contribution is -2.48. The van der Waals surface area contributed by atoms with Crippen molar-refractivity contribution in [1.29, 1.82) is 0 Å². The molecule has 6 heteroatoms. The number of aryl methyl sites for hydroxylation is 2. The van der Waals surface area contributed by atoms with Gasteiger partial charge in [-0.25, -0.2) is 4.98 Å². The molecule has 5 nitrogen and oxygen atoms in total. The van der Waals surface area contributed by atoms with E-state index in [4.69, 9.17) is 9.72 Å². The molecule has 0 bridgehead atoms. The van der Waals surface area contributed by atoms with Crippen LogP contribution in [0.3, 0.4) is 0 Å². The summed E-state index contributed by atoms with van der Waals surface area (Å²) in [6, 6.07) is 14.1. The number of piperazine rings is 1. The number of hydrogen-bond acceptors (Lipinski definition) is 5. The molecule has 156 valence electrons. The van der Waals surface area contributed by atoms with Crippen LogP contribution in [0.2, 0.25) is 0 Å². The third-order valence-electron chi connectivity index (χ3n) is 5.40. The molecule has 2 heterocycles. The molecule has 0 radical (unpaired) electrons. The van der Waals surface area contributed by atoms with E-state index in [0.717, 1.165) is 71.4 Å². The number of nitrogens with zero attached hydrogens (tertiary/aromatic N) is 3. The van der Waals surface area contributed by atoms with Crippen LogP contribution in [0.15, 0.2) is 47.8 Å². The monoisotopic (exact) mass is 421 g/mol. The largest absolute Gasteiger partial charge is 0.497 e. The van der Waals surface area contributed by atoms with Crippen molar-refractivity contribution in [3.8, 4) is 17.0 Å². The molecule has 1 saturated heterocycles. The predicted octanol–water partition coefficient (Wildman–Crippen LogP) is 4.39. The molecule has 1 amide bonds. The van der Waals surface area contributed by atoms with E-state index in [1.54, 1.807) is 18.4 Å². The molecule has 1 aromatic heterocycles. The van der Waals surface area contributed by atoms with Gasteiger partial charge >= 0.3 is 0 Å². The van der Waals surface area contributed by atoms with Gasteiger partial charge in [0.15, 0.2) is 0 Å². The van der Waals surface area contributed by atoms with Gasteiger partial charge in [0.1, 0.15) is 10.8 Å². The summed E-state index contributed by atoms with van der Waals surface area (Å²) in [4.78, 5) is 22.0. The van der Waals surface area contributed by atoms with Gasteiger partial charge in [0.25, 0.3) is 5.91 Å². The van der Waals surface area contributed by atoms with Crippen molar-refractivity contribution in [3.63, 3.8) is 0 Å². The van der Waals surface area contributed by atoms with Crippen LogP contribution in [-0.2, 0) is 6.54 Å². The Labute approximate surface area is 181 Å². The molecular weight excluding hydrogens is 394 g/mol. The van der Waals surface area contributed by atoms with Gasteiger partial charge in [-0.1, -0.05) is 29.3 Å². The maximum Gasteiger partial charge on any atom is 0.253 e. The average Bonchev–Trinajstić information content (AvgIpc) is 3.21. The lowest BCUT2D eigenvalue weighted by Gasteiger charge is -2.34. The number of benzene rings is 2. The number of carbonyl (C=O) groups excluding carboxylic acids is 1. The fourth-order valence-electron chi connectivity index (χ4n) is 3.88. The van der Waals surface area contributed by atoms with E-state index in [1.807, 2.05) is 49.1 Å². The molecule has 3 aromatic rings. The molecule has 0 atom stereocenters. The summed E-state index contributed by atoms with van der Waals surface area (Å²) in [6.45, 7) is 8.13. The zero-order chi connectivity index (χ0) is 21.1. The average molecular weight is 422 g/mol. The smallest absolute Gasteiger partial charge is 0.253 e. The van der Waals surface area contributed by atoms with Crippen LogP contribution >= 0.6 is 11.3 Å². The van der Waals surface area contributed by atoms with Gasteiger partial charge in [-0.2, -0.15) is 0 Å². The summed E-state index contributed by atoms with van der Waals surface area (Å²) >= 11 is 1.68. The van der Waals surface area contributed by atoms with Crippen LogP contribution in [0.4, 0.5) is 0 Å². The van der Waals surface area contributed by atoms with Crippen LogP contribution in [-0.4, -0.2) is 54.0 Å². The van der Waals surface area contributed by atoms with E-state index in [1.165, 1.54) is 0 Å². The Morgan fingerprint density at radius 3 is 2.50 bits per heavy atom. The highest BCUT2D eigenvalue weighted by molar-refractivity contribution is 7.09. The second-order valence-electron chi connectivity index (χ2n) is 7.80. The van der Waals surface area contributed by atoms with Crippen LogP contribution < -0.4 is 4.74 Å². The van der Waals surface area contributed by atoms with Gasteiger partial charge in [0.05, 0.1) is 19.3 Å². The molecule has 0 saturated carbocycles. The van der Waals surface area contributed by atoms with Crippen molar-refractivity contribution < 1.29 is 9.53 Å². The lowest BCUT2D eigenvalue weighted by molar-refractivity contribution is 0.0628. The number of ether oxygens (including phenoxy) is 1. The Bertz CT molecular complexity index is 1020. The van der Waals surface area contributed by atoms with Gasteiger partial charge in [-0.3, -0.25) is 9.69 Å². The van der Waals surface area contributed by atoms with E-state index < -0.39 is 0 Å². The lowest BCUT2D eigenvalue weighted by atomic mass is 10.1. The molecule has 4 rings (SSSR count). The molecule has 0 unspecified atom stereocenters. The highest BCUT2D eigenvalue weighted by Gasteiger charge is 2.23. The second kappa shape index (κ2) is 8.98. The zero-order valence-electron chi connectivity index (χ0n) is 17.7. The Hall–Kier alpha value is -2.70. The van der Waals surface area contributed by atoms with E-state index in [2.05, 4.69) is 22.4 Å². The van der Waals surface area contributed by atoms with Crippen LogP contribution in [0.5, 0.6) is 5.75 Å². The second-order valence-corrected chi connectivity index (χ2v) is 8.75. The van der Waals surface area contributed by atoms with Crippen molar-refractivity contribution in [1.82, 2.24) is 14.8 Å². The zero-order valence-corrected chi connectivity index (χ0v) is 18.5. The Kier molecular flexibility index (Phi) is 6.16. The molecule has 1 aliphatic heterocycles. The first-order valence-corrected chi connectivity index (χ1v) is 11.1. The summed E-state index contributed by atoms with van der Waals surface area (Å²) in [5, 5.41) is 3.20. The van der Waals surface area contributed by atoms with Gasteiger partial charge < -0.3 is 9.64 Å². The molecular formula is C24H27N3O2S. The van der Waals surface area contributed by atoms with Crippen molar-refractivity contribution in [2.75, 3.05) is 33.3 Å². The maximum absolute atomic E-state index is 12.9. The minimum Gasteiger partial charge on any atom is -0.497 e. The number of thiazole rings is 1. The number of carbonyl (C=O) groups is 1. The highest BCUT2D eigenvalue weighted by atomic mass is 32.1. The Balaban J connectivity index is 1.35. The molecule has 0 N–H and O–H groups in total. The minimum absolute atomic E-state index is 0.135. The van der Waals surface area contributed by atoms with Crippen molar-refractivity contribution in [2.45, 2.75) is 20.4 Å². The van der Waals surface area contributed by atoms with Crippen LogP contribution in [0, 0.1) is 13.8 Å². The number of amides is 1. The van der Waals surface area contributed by atoms with Crippen LogP contribution in [0.25, 0.3) is 11.3 Å². The normalized spacial score (nSPS) is 14.7. The van der Waals surface area contributed by atoms with Gasteiger partial charge in [-0.15, -0.1) is 11.3 Å². The molecule has 1 fully saturated rings. The topological polar surface area (TPSA) is 45.7 Å². The molecule has 2 aromatic carbocycles. The summed E-state index contributed by atoms with van der Waals surface area (Å²) in [5.74, 6) is 0.975. The summed E-state index contributed by atoms with van der Waals surface area (Å²) < 4.78 is 5.31. The number of methoxy groups -OCH3 is 1. The van der Waals surface area contributed by atoms with Gasteiger partial charge in [0.2, 0.25) is 0 Å². The predicted molar refractivity (Wildman–Crippen MR) is 121 cm³/mol.